The van der Waals surface area contributed by atoms with Crippen LogP contribution in [-0.2, 0) is 0 Å². The summed E-state index contributed by atoms with van der Waals surface area (Å²) in [6.45, 7) is 0. The van der Waals surface area contributed by atoms with Crippen molar-refractivity contribution < 1.29 is 9.18 Å². The molecule has 3 aromatic heterocycles. The summed E-state index contributed by atoms with van der Waals surface area (Å²) in [5.74, 6) is -0.704. The van der Waals surface area contributed by atoms with E-state index < -0.39 is 6.04 Å². The smallest absolute Gasteiger partial charge is 0.254 e. The van der Waals surface area contributed by atoms with E-state index in [1.165, 1.54) is 18.3 Å². The molecule has 1 amide bonds. The molecule has 1 N–H and O–H groups in total. The summed E-state index contributed by atoms with van der Waals surface area (Å²) < 4.78 is 14.8. The zero-order chi connectivity index (χ0) is 21.1. The third-order valence-electron chi connectivity index (χ3n) is 4.74. The molecule has 30 heavy (non-hydrogen) atoms. The Hall–Kier alpha value is -4.06. The minimum Gasteiger partial charge on any atom is -0.344 e. The lowest BCUT2D eigenvalue weighted by molar-refractivity contribution is 0.0938. The highest BCUT2D eigenvalue weighted by Crippen LogP contribution is 2.22. The second-order valence-corrected chi connectivity index (χ2v) is 6.77. The number of pyridine rings is 2. The molecule has 0 spiro atoms. The molecular formula is C21H16BFN6O. The van der Waals surface area contributed by atoms with E-state index in [1.807, 2.05) is 13.9 Å². The lowest BCUT2D eigenvalue weighted by atomic mass is 9.97. The number of nitrogens with zero attached hydrogens (tertiary/aromatic N) is 5. The predicted octanol–water partition coefficient (Wildman–Crippen LogP) is 1.60. The van der Waals surface area contributed by atoms with Crippen LogP contribution in [0.15, 0.2) is 61.2 Å². The van der Waals surface area contributed by atoms with E-state index in [1.54, 1.807) is 41.5 Å². The van der Waals surface area contributed by atoms with Crippen molar-refractivity contribution in [2.75, 3.05) is 0 Å². The number of fused-ring (bicyclic) bond motifs is 1. The quantitative estimate of drug-likeness (QED) is 0.515. The average molecular weight is 398 g/mol. The molecule has 0 unspecified atom stereocenters. The minimum atomic E-state index is -0.480. The Kier molecular flexibility index (Phi) is 5.22. The van der Waals surface area contributed by atoms with Gasteiger partial charge in [-0.3, -0.25) is 14.8 Å². The Labute approximate surface area is 172 Å². The highest BCUT2D eigenvalue weighted by molar-refractivity contribution is 6.30. The topological polar surface area (TPSA) is 96.5 Å². The van der Waals surface area contributed by atoms with Crippen LogP contribution in [0.4, 0.5) is 4.39 Å². The number of hydrogen-bond acceptors (Lipinski definition) is 5. The summed E-state index contributed by atoms with van der Waals surface area (Å²) in [4.78, 5) is 21.4. The van der Waals surface area contributed by atoms with Crippen molar-refractivity contribution in [3.8, 4) is 11.8 Å². The van der Waals surface area contributed by atoms with E-state index in [4.69, 9.17) is 0 Å². The molecule has 9 heteroatoms. The molecule has 0 bridgehead atoms. The van der Waals surface area contributed by atoms with Gasteiger partial charge in [-0.15, -0.1) is 0 Å². The van der Waals surface area contributed by atoms with E-state index in [0.717, 1.165) is 11.2 Å². The van der Waals surface area contributed by atoms with E-state index in [-0.39, 0.29) is 18.1 Å². The third kappa shape index (κ3) is 3.75. The second kappa shape index (κ2) is 8.13. The summed E-state index contributed by atoms with van der Waals surface area (Å²) in [5.41, 5.74) is 3.22. The van der Waals surface area contributed by atoms with Gasteiger partial charge in [0.25, 0.3) is 5.91 Å². The fraction of sp³-hybridized carbons (Fsp3) is 0.0952. The third-order valence-corrected chi connectivity index (χ3v) is 4.74. The summed E-state index contributed by atoms with van der Waals surface area (Å²) in [6, 6.07) is 11.1. The van der Waals surface area contributed by atoms with Crippen LogP contribution in [0, 0.1) is 17.1 Å². The number of benzene rings is 1. The minimum absolute atomic E-state index is 0.118. The van der Waals surface area contributed by atoms with Gasteiger partial charge in [0.05, 0.1) is 47.7 Å². The summed E-state index contributed by atoms with van der Waals surface area (Å²) in [5, 5.41) is 17.1. The number of carbonyl (C=O) groups is 1. The molecule has 4 rings (SSSR count). The van der Waals surface area contributed by atoms with Crippen LogP contribution in [-0.4, -0.2) is 33.5 Å². The maximum atomic E-state index is 13.2. The first-order valence-corrected chi connectivity index (χ1v) is 9.25. The van der Waals surface area contributed by atoms with Gasteiger partial charge in [-0.2, -0.15) is 10.4 Å². The molecule has 0 saturated heterocycles. The molecule has 0 saturated carbocycles. The molecule has 0 aliphatic heterocycles. The number of rotatable bonds is 5. The van der Waals surface area contributed by atoms with E-state index in [2.05, 4.69) is 26.5 Å². The molecule has 146 valence electrons. The van der Waals surface area contributed by atoms with Crippen LogP contribution in [0.3, 0.4) is 0 Å². The normalized spacial score (nSPS) is 11.7. The largest absolute Gasteiger partial charge is 0.344 e. The Balaban J connectivity index is 1.68. The monoisotopic (exact) mass is 398 g/mol. The van der Waals surface area contributed by atoms with Gasteiger partial charge in [-0.05, 0) is 47.6 Å². The van der Waals surface area contributed by atoms with E-state index in [0.29, 0.717) is 22.2 Å². The Morgan fingerprint density at radius 1 is 1.23 bits per heavy atom. The molecule has 3 heterocycles. The molecule has 4 aromatic rings. The molecule has 1 atom stereocenters. The van der Waals surface area contributed by atoms with Crippen LogP contribution in [0.1, 0.15) is 28.4 Å². The van der Waals surface area contributed by atoms with Crippen molar-refractivity contribution in [2.45, 2.75) is 12.5 Å². The number of carbonyl (C=O) groups excluding carboxylic acids is 1. The Bertz CT molecular complexity index is 1260. The van der Waals surface area contributed by atoms with Crippen molar-refractivity contribution in [1.82, 2.24) is 25.1 Å². The number of aromatic nitrogens is 4. The zero-order valence-corrected chi connectivity index (χ0v) is 16.1. The maximum absolute atomic E-state index is 13.2. The molecule has 0 fully saturated rings. The lowest BCUT2D eigenvalue weighted by Gasteiger charge is -2.17. The number of hydrogen-bond donors (Lipinski definition) is 1. The summed E-state index contributed by atoms with van der Waals surface area (Å²) in [6.07, 6.45) is 6.41. The summed E-state index contributed by atoms with van der Waals surface area (Å²) >= 11 is 0. The van der Waals surface area contributed by atoms with E-state index in [9.17, 15) is 14.4 Å². The molecule has 0 aliphatic rings. The van der Waals surface area contributed by atoms with Gasteiger partial charge in [-0.25, -0.2) is 9.07 Å². The number of halogens is 1. The molecular weight excluding hydrogens is 382 g/mol. The van der Waals surface area contributed by atoms with Crippen molar-refractivity contribution in [2.24, 2.45) is 0 Å². The van der Waals surface area contributed by atoms with Crippen molar-refractivity contribution in [3.63, 3.8) is 0 Å². The fourth-order valence-electron chi connectivity index (χ4n) is 3.27. The first kappa shape index (κ1) is 19.3. The van der Waals surface area contributed by atoms with E-state index >= 15 is 0 Å². The van der Waals surface area contributed by atoms with Gasteiger partial charge in [0.1, 0.15) is 5.82 Å². The molecule has 1 aromatic carbocycles. The van der Waals surface area contributed by atoms with Gasteiger partial charge in [0, 0.05) is 17.8 Å². The molecule has 0 radical (unpaired) electrons. The van der Waals surface area contributed by atoms with Crippen molar-refractivity contribution >= 4 is 30.2 Å². The predicted molar refractivity (Wildman–Crippen MR) is 112 cm³/mol. The van der Waals surface area contributed by atoms with Crippen LogP contribution >= 0.6 is 0 Å². The highest BCUT2D eigenvalue weighted by Gasteiger charge is 2.19. The second-order valence-electron chi connectivity index (χ2n) is 6.77. The number of nitrogens with one attached hydrogen (secondary N) is 1. The molecule has 0 aliphatic carbocycles. The first-order valence-electron chi connectivity index (χ1n) is 9.25. The van der Waals surface area contributed by atoms with Crippen molar-refractivity contribution in [3.05, 3.63) is 78.1 Å². The van der Waals surface area contributed by atoms with Gasteiger partial charge < -0.3 is 5.32 Å². The number of amides is 1. The summed E-state index contributed by atoms with van der Waals surface area (Å²) in [7, 11) is 1.85. The van der Waals surface area contributed by atoms with Gasteiger partial charge in [0.15, 0.2) is 7.85 Å². The van der Waals surface area contributed by atoms with Crippen LogP contribution in [0.25, 0.3) is 16.6 Å². The fourth-order valence-corrected chi connectivity index (χ4v) is 3.27. The standard InChI is InChI=1S/C21H16BFN6O/c22-20-9-13(6-8-26-20)18(5-7-24)28-21(30)17-10-25-12-19-16(17)11-27-29(19)15-3-1-14(23)2-4-15/h1-4,6,8-12,18H,5,22H2,(H,28,30)/t18-/m0/s1. The van der Waals surface area contributed by atoms with Crippen LogP contribution in [0.5, 0.6) is 0 Å². The van der Waals surface area contributed by atoms with Crippen molar-refractivity contribution in [1.29, 1.82) is 5.26 Å². The lowest BCUT2D eigenvalue weighted by Crippen LogP contribution is -2.29. The maximum Gasteiger partial charge on any atom is 0.254 e. The van der Waals surface area contributed by atoms with Gasteiger partial charge >= 0.3 is 0 Å². The van der Waals surface area contributed by atoms with Crippen LogP contribution in [0.2, 0.25) is 0 Å². The zero-order valence-electron chi connectivity index (χ0n) is 16.1. The number of nitriles is 1. The van der Waals surface area contributed by atoms with Gasteiger partial charge in [0.2, 0.25) is 0 Å². The highest BCUT2D eigenvalue weighted by atomic mass is 19.1. The Morgan fingerprint density at radius 2 is 2.03 bits per heavy atom. The Morgan fingerprint density at radius 3 is 2.77 bits per heavy atom. The molecule has 7 nitrogen and oxygen atoms in total. The average Bonchev–Trinajstić information content (AvgIpc) is 3.18. The van der Waals surface area contributed by atoms with Crippen LogP contribution < -0.4 is 10.9 Å². The van der Waals surface area contributed by atoms with Gasteiger partial charge in [-0.1, -0.05) is 0 Å². The SMILES string of the molecule is Bc1cc([C@H](CC#N)NC(=O)c2cncc3c2cnn3-c2ccc(F)cc2)ccn1. The first-order chi connectivity index (χ1) is 14.6.